The number of ether oxygens (including phenoxy) is 2. The number of hydrogen-bond acceptors (Lipinski definition) is 2. The highest BCUT2D eigenvalue weighted by Crippen LogP contribution is 2.56. The van der Waals surface area contributed by atoms with Crippen LogP contribution in [-0.4, -0.2) is 25.6 Å². The molecule has 168 valence electrons. The molecule has 0 aliphatic heterocycles. The Kier molecular flexibility index (Phi) is 7.03. The zero-order chi connectivity index (χ0) is 23.4. The van der Waals surface area contributed by atoms with Gasteiger partial charge in [-0.3, -0.25) is 0 Å². The monoisotopic (exact) mass is 452 g/mol. The van der Waals surface area contributed by atoms with E-state index in [1.807, 2.05) is 0 Å². The lowest BCUT2D eigenvalue weighted by Crippen LogP contribution is -2.54. The molecule has 0 heterocycles. The molecule has 10 heteroatoms. The largest absolute Gasteiger partial charge is 0.487 e. The second kappa shape index (κ2) is 8.99. The van der Waals surface area contributed by atoms with Crippen LogP contribution in [0.1, 0.15) is 11.1 Å². The van der Waals surface area contributed by atoms with Crippen LogP contribution in [0.5, 0.6) is 11.5 Å². The van der Waals surface area contributed by atoms with Crippen LogP contribution in [-0.2, 0) is 5.41 Å². The van der Waals surface area contributed by atoms with Crippen LogP contribution in [0.25, 0.3) is 0 Å². The summed E-state index contributed by atoms with van der Waals surface area (Å²) in [5, 5.41) is 0. The third-order valence-electron chi connectivity index (χ3n) is 4.22. The third-order valence-corrected chi connectivity index (χ3v) is 4.22. The molecular weight excluding hydrogens is 436 g/mol. The van der Waals surface area contributed by atoms with Crippen LogP contribution in [0.4, 0.5) is 35.1 Å². The van der Waals surface area contributed by atoms with Gasteiger partial charge in [-0.1, -0.05) is 37.4 Å². The Morgan fingerprint density at radius 3 is 1.13 bits per heavy atom. The molecule has 2 aromatic carbocycles. The van der Waals surface area contributed by atoms with Gasteiger partial charge in [0.2, 0.25) is 5.41 Å². The van der Waals surface area contributed by atoms with Crippen molar-refractivity contribution in [3.63, 3.8) is 0 Å². The molecule has 31 heavy (non-hydrogen) atoms. The van der Waals surface area contributed by atoms with Gasteiger partial charge in [-0.25, -0.2) is 8.78 Å². The molecule has 0 N–H and O–H groups in total. The zero-order valence-corrected chi connectivity index (χ0v) is 15.8. The lowest BCUT2D eigenvalue weighted by molar-refractivity contribution is -0.288. The molecule has 0 saturated heterocycles. The van der Waals surface area contributed by atoms with Gasteiger partial charge in [-0.15, -0.1) is 0 Å². The van der Waals surface area contributed by atoms with E-state index in [1.165, 1.54) is 0 Å². The third kappa shape index (κ3) is 5.18. The molecule has 0 saturated carbocycles. The number of alkyl halides is 6. The van der Waals surface area contributed by atoms with Gasteiger partial charge in [-0.05, 0) is 35.4 Å². The summed E-state index contributed by atoms with van der Waals surface area (Å²) >= 11 is 0. The topological polar surface area (TPSA) is 18.5 Å². The minimum absolute atomic E-state index is 0.143. The quantitative estimate of drug-likeness (QED) is 0.409. The van der Waals surface area contributed by atoms with Gasteiger partial charge in [-0.2, -0.15) is 26.3 Å². The fraction of sp³-hybridized carbons (Fsp3) is 0.238. The summed E-state index contributed by atoms with van der Waals surface area (Å²) in [6.07, 6.45) is -11.6. The van der Waals surface area contributed by atoms with E-state index in [1.54, 1.807) is 0 Å². The first-order valence-electron chi connectivity index (χ1n) is 8.55. The van der Waals surface area contributed by atoms with Crippen molar-refractivity contribution in [2.75, 3.05) is 13.2 Å². The standard InChI is InChI=1S/C21H16F8O2/c1-13(22)11-30-17-7-3-15(4-8-17)19(20(24,25)26,21(27,28)29)16-5-9-18(10-6-16)31-12-14(2)23/h3-10H,1-2,11-12H2. The van der Waals surface area contributed by atoms with Gasteiger partial charge in [0.25, 0.3) is 0 Å². The van der Waals surface area contributed by atoms with Crippen LogP contribution in [0.2, 0.25) is 0 Å². The predicted molar refractivity (Wildman–Crippen MR) is 97.3 cm³/mol. The van der Waals surface area contributed by atoms with Crippen molar-refractivity contribution >= 4 is 0 Å². The maximum absolute atomic E-state index is 14.0. The molecule has 2 aromatic rings. The molecule has 0 atom stereocenters. The summed E-state index contributed by atoms with van der Waals surface area (Å²) in [7, 11) is 0. The Morgan fingerprint density at radius 1 is 0.613 bits per heavy atom. The summed E-state index contributed by atoms with van der Waals surface area (Å²) in [4.78, 5) is 0. The van der Waals surface area contributed by atoms with Gasteiger partial charge in [0.15, 0.2) is 0 Å². The lowest BCUT2D eigenvalue weighted by Gasteiger charge is -2.38. The Bertz CT molecular complexity index is 835. The van der Waals surface area contributed by atoms with E-state index in [0.717, 1.165) is 24.3 Å². The van der Waals surface area contributed by atoms with Crippen molar-refractivity contribution in [2.24, 2.45) is 0 Å². The minimum Gasteiger partial charge on any atom is -0.487 e. The van der Waals surface area contributed by atoms with Crippen LogP contribution in [0.15, 0.2) is 73.3 Å². The van der Waals surface area contributed by atoms with Gasteiger partial charge >= 0.3 is 12.4 Å². The fourth-order valence-corrected chi connectivity index (χ4v) is 2.91. The first kappa shape index (κ1) is 24.2. The van der Waals surface area contributed by atoms with Crippen molar-refractivity contribution in [3.8, 4) is 11.5 Å². The fourth-order valence-electron chi connectivity index (χ4n) is 2.91. The molecule has 2 rings (SSSR count). The second-order valence-electron chi connectivity index (χ2n) is 6.41. The summed E-state index contributed by atoms with van der Waals surface area (Å²) in [6.45, 7) is 4.67. The van der Waals surface area contributed by atoms with Crippen molar-refractivity contribution in [2.45, 2.75) is 17.8 Å². The minimum atomic E-state index is -5.78. The second-order valence-corrected chi connectivity index (χ2v) is 6.41. The summed E-state index contributed by atoms with van der Waals surface area (Å²) in [5.41, 5.74) is -6.61. The highest BCUT2D eigenvalue weighted by atomic mass is 19.4. The maximum atomic E-state index is 14.0. The molecule has 0 aliphatic rings. The van der Waals surface area contributed by atoms with Gasteiger partial charge < -0.3 is 9.47 Å². The molecule has 0 aromatic heterocycles. The lowest BCUT2D eigenvalue weighted by atomic mass is 9.73. The molecule has 0 spiro atoms. The Hall–Kier alpha value is -3.04. The van der Waals surface area contributed by atoms with Crippen LogP contribution >= 0.6 is 0 Å². The van der Waals surface area contributed by atoms with Gasteiger partial charge in [0.1, 0.15) is 36.4 Å². The Labute approximate surface area is 172 Å². The van der Waals surface area contributed by atoms with E-state index in [-0.39, 0.29) is 11.5 Å². The average Bonchev–Trinajstić information content (AvgIpc) is 2.65. The number of rotatable bonds is 8. The van der Waals surface area contributed by atoms with Gasteiger partial charge in [0, 0.05) is 0 Å². The van der Waals surface area contributed by atoms with Crippen molar-refractivity contribution in [1.82, 2.24) is 0 Å². The van der Waals surface area contributed by atoms with E-state index in [0.29, 0.717) is 24.3 Å². The summed E-state index contributed by atoms with van der Waals surface area (Å²) in [6, 6.07) is 5.90. The molecule has 0 radical (unpaired) electrons. The van der Waals surface area contributed by atoms with Crippen molar-refractivity contribution in [1.29, 1.82) is 0 Å². The van der Waals surface area contributed by atoms with Crippen molar-refractivity contribution < 1.29 is 44.6 Å². The van der Waals surface area contributed by atoms with E-state index in [2.05, 4.69) is 13.2 Å². The number of benzene rings is 2. The Balaban J connectivity index is 2.57. The molecule has 2 nitrogen and oxygen atoms in total. The van der Waals surface area contributed by atoms with E-state index in [4.69, 9.17) is 9.47 Å². The summed E-state index contributed by atoms with van der Waals surface area (Å²) < 4.78 is 119. The smallest absolute Gasteiger partial charge is 0.411 e. The number of hydrogen-bond donors (Lipinski definition) is 0. The zero-order valence-electron chi connectivity index (χ0n) is 15.8. The molecule has 0 unspecified atom stereocenters. The molecular formula is C21H16F8O2. The maximum Gasteiger partial charge on any atom is 0.411 e. The first-order chi connectivity index (χ1) is 14.3. The normalized spacial score (nSPS) is 12.4. The summed E-state index contributed by atoms with van der Waals surface area (Å²) in [5.74, 6) is -2.03. The van der Waals surface area contributed by atoms with Crippen LogP contribution in [0.3, 0.4) is 0 Å². The van der Waals surface area contributed by atoms with E-state index < -0.39 is 53.8 Å². The molecule has 0 aliphatic carbocycles. The van der Waals surface area contributed by atoms with Crippen molar-refractivity contribution in [3.05, 3.63) is 84.5 Å². The molecule has 0 amide bonds. The highest BCUT2D eigenvalue weighted by Gasteiger charge is 2.72. The molecule has 0 fully saturated rings. The highest BCUT2D eigenvalue weighted by molar-refractivity contribution is 5.47. The van der Waals surface area contributed by atoms with E-state index >= 15 is 0 Å². The van der Waals surface area contributed by atoms with Gasteiger partial charge in [0.05, 0.1) is 0 Å². The van der Waals surface area contributed by atoms with Crippen LogP contribution < -0.4 is 9.47 Å². The predicted octanol–water partition coefficient (Wildman–Crippen LogP) is 6.82. The molecule has 0 bridgehead atoms. The van der Waals surface area contributed by atoms with E-state index in [9.17, 15) is 35.1 Å². The SMILES string of the molecule is C=C(F)COc1ccc(C(c2ccc(OCC(=C)F)cc2)(C(F)(F)F)C(F)(F)F)cc1. The average molecular weight is 452 g/mol. The van der Waals surface area contributed by atoms with Crippen LogP contribution in [0, 0.1) is 0 Å². The first-order valence-corrected chi connectivity index (χ1v) is 8.55. The Morgan fingerprint density at radius 2 is 0.903 bits per heavy atom. The number of halogens is 8.